The second-order valence-electron chi connectivity index (χ2n) is 8.41. The summed E-state index contributed by atoms with van der Waals surface area (Å²) in [6.07, 6.45) is 6.68. The van der Waals surface area contributed by atoms with Crippen molar-refractivity contribution in [3.8, 4) is 22.4 Å². The minimum Gasteiger partial charge on any atom is -0.341 e. The summed E-state index contributed by atoms with van der Waals surface area (Å²) in [6.45, 7) is 2.16. The topological polar surface area (TPSA) is 81.4 Å². The molecule has 0 spiro atoms. The SMILES string of the molecule is c1cc(-c2cnc([C@@H]3CCCN3)[nH]2)ccc1-c1ccc2nc([C@@H]3CCCN3)[nH]c2c1. The summed E-state index contributed by atoms with van der Waals surface area (Å²) in [5.74, 6) is 2.10. The first-order valence-corrected chi connectivity index (χ1v) is 11.0. The normalized spacial score (nSPS) is 21.6. The zero-order valence-electron chi connectivity index (χ0n) is 16.9. The quantitative estimate of drug-likeness (QED) is 0.409. The van der Waals surface area contributed by atoms with Crippen molar-refractivity contribution in [2.24, 2.45) is 0 Å². The molecule has 2 atom stereocenters. The first kappa shape index (κ1) is 17.9. The van der Waals surface area contributed by atoms with Crippen LogP contribution < -0.4 is 10.6 Å². The largest absolute Gasteiger partial charge is 0.341 e. The molecule has 2 aromatic carbocycles. The Labute approximate surface area is 175 Å². The van der Waals surface area contributed by atoms with Crippen LogP contribution in [0.15, 0.2) is 48.7 Å². The van der Waals surface area contributed by atoms with Crippen molar-refractivity contribution in [3.63, 3.8) is 0 Å². The Bertz CT molecular complexity index is 1160. The molecule has 0 radical (unpaired) electrons. The van der Waals surface area contributed by atoms with Gasteiger partial charge in [-0.25, -0.2) is 9.97 Å². The zero-order chi connectivity index (χ0) is 19.9. The Morgan fingerprint density at radius 3 is 2.17 bits per heavy atom. The fourth-order valence-electron chi connectivity index (χ4n) is 4.71. The number of nitrogens with one attached hydrogen (secondary N) is 4. The van der Waals surface area contributed by atoms with Gasteiger partial charge in [-0.15, -0.1) is 0 Å². The number of benzene rings is 2. The molecule has 30 heavy (non-hydrogen) atoms. The van der Waals surface area contributed by atoms with E-state index in [1.54, 1.807) is 0 Å². The Hall–Kier alpha value is -2.96. The molecule has 0 amide bonds. The molecule has 6 rings (SSSR count). The fourth-order valence-corrected chi connectivity index (χ4v) is 4.71. The number of hydrogen-bond acceptors (Lipinski definition) is 4. The van der Waals surface area contributed by atoms with E-state index in [1.807, 2.05) is 6.20 Å². The van der Waals surface area contributed by atoms with Gasteiger partial charge in [-0.3, -0.25) is 0 Å². The summed E-state index contributed by atoms with van der Waals surface area (Å²) >= 11 is 0. The standard InChI is InChI=1S/C24H26N6/c1-3-19(25-11-1)23-27-14-22(30-23)16-7-5-15(6-8-16)17-9-10-18-21(13-17)29-24(28-18)20-4-2-12-26-20/h5-10,13-14,19-20,25-26H,1-4,11-12H2,(H,27,30)(H,28,29)/t19-,20-/m0/s1. The molecule has 2 aliphatic rings. The molecular formula is C24H26N6. The maximum absolute atomic E-state index is 4.78. The van der Waals surface area contributed by atoms with E-state index in [0.717, 1.165) is 59.9 Å². The second kappa shape index (κ2) is 7.38. The van der Waals surface area contributed by atoms with Crippen LogP contribution in [0.25, 0.3) is 33.4 Å². The maximum atomic E-state index is 4.78. The molecule has 2 aliphatic heterocycles. The first-order valence-electron chi connectivity index (χ1n) is 11.0. The Balaban J connectivity index is 1.25. The highest BCUT2D eigenvalue weighted by molar-refractivity contribution is 5.82. The third-order valence-electron chi connectivity index (χ3n) is 6.41. The van der Waals surface area contributed by atoms with Gasteiger partial charge in [0.05, 0.1) is 35.0 Å². The van der Waals surface area contributed by atoms with Crippen LogP contribution in [0.5, 0.6) is 0 Å². The van der Waals surface area contributed by atoms with Crippen LogP contribution in [0, 0.1) is 0 Å². The third kappa shape index (κ3) is 3.22. The molecule has 4 N–H and O–H groups in total. The number of fused-ring (bicyclic) bond motifs is 1. The summed E-state index contributed by atoms with van der Waals surface area (Å²) in [7, 11) is 0. The predicted molar refractivity (Wildman–Crippen MR) is 119 cm³/mol. The van der Waals surface area contributed by atoms with E-state index in [0.29, 0.717) is 12.1 Å². The van der Waals surface area contributed by atoms with Gasteiger partial charge >= 0.3 is 0 Å². The lowest BCUT2D eigenvalue weighted by atomic mass is 10.0. The van der Waals surface area contributed by atoms with Gasteiger partial charge in [-0.2, -0.15) is 0 Å². The summed E-state index contributed by atoms with van der Waals surface area (Å²) in [5, 5.41) is 7.01. The van der Waals surface area contributed by atoms with Crippen LogP contribution in [0.2, 0.25) is 0 Å². The molecule has 4 aromatic rings. The van der Waals surface area contributed by atoms with Gasteiger partial charge in [0.15, 0.2) is 0 Å². The third-order valence-corrected chi connectivity index (χ3v) is 6.41. The van der Waals surface area contributed by atoms with E-state index < -0.39 is 0 Å². The summed E-state index contributed by atoms with van der Waals surface area (Å²) in [6, 6.07) is 15.9. The number of hydrogen-bond donors (Lipinski definition) is 4. The first-order chi connectivity index (χ1) is 14.8. The van der Waals surface area contributed by atoms with Crippen LogP contribution >= 0.6 is 0 Å². The minimum absolute atomic E-state index is 0.360. The van der Waals surface area contributed by atoms with Gasteiger partial charge in [0.2, 0.25) is 0 Å². The Kier molecular flexibility index (Phi) is 4.39. The van der Waals surface area contributed by atoms with Crippen LogP contribution in [0.3, 0.4) is 0 Å². The highest BCUT2D eigenvalue weighted by atomic mass is 15.0. The number of aromatic nitrogens is 4. The Morgan fingerprint density at radius 2 is 1.43 bits per heavy atom. The van der Waals surface area contributed by atoms with Gasteiger partial charge in [0, 0.05) is 0 Å². The lowest BCUT2D eigenvalue weighted by Gasteiger charge is -2.06. The van der Waals surface area contributed by atoms with Crippen LogP contribution in [0.4, 0.5) is 0 Å². The molecule has 2 saturated heterocycles. The second-order valence-corrected chi connectivity index (χ2v) is 8.41. The van der Waals surface area contributed by atoms with Crippen LogP contribution in [-0.4, -0.2) is 33.0 Å². The van der Waals surface area contributed by atoms with Crippen molar-refractivity contribution in [3.05, 3.63) is 60.3 Å². The van der Waals surface area contributed by atoms with Crippen molar-refractivity contribution in [1.29, 1.82) is 0 Å². The lowest BCUT2D eigenvalue weighted by Crippen LogP contribution is -2.14. The molecule has 4 heterocycles. The van der Waals surface area contributed by atoms with Gasteiger partial charge in [0.1, 0.15) is 11.6 Å². The molecule has 152 valence electrons. The number of imidazole rings is 2. The number of H-pyrrole nitrogens is 2. The number of nitrogens with zero attached hydrogens (tertiary/aromatic N) is 2. The van der Waals surface area contributed by atoms with E-state index >= 15 is 0 Å². The number of rotatable bonds is 4. The van der Waals surface area contributed by atoms with E-state index in [2.05, 4.69) is 68.1 Å². The minimum atomic E-state index is 0.360. The molecular weight excluding hydrogens is 372 g/mol. The van der Waals surface area contributed by atoms with Gasteiger partial charge < -0.3 is 20.6 Å². The molecule has 0 unspecified atom stereocenters. The van der Waals surface area contributed by atoms with E-state index in [1.165, 1.54) is 24.0 Å². The highest BCUT2D eigenvalue weighted by Gasteiger charge is 2.20. The zero-order valence-corrected chi connectivity index (χ0v) is 16.9. The summed E-state index contributed by atoms with van der Waals surface area (Å²) in [5.41, 5.74) is 6.76. The number of aromatic amines is 2. The molecule has 0 aliphatic carbocycles. The van der Waals surface area contributed by atoms with Gasteiger partial charge in [-0.05, 0) is 67.6 Å². The molecule has 0 bridgehead atoms. The summed E-state index contributed by atoms with van der Waals surface area (Å²) < 4.78 is 0. The summed E-state index contributed by atoms with van der Waals surface area (Å²) in [4.78, 5) is 16.4. The molecule has 2 fully saturated rings. The van der Waals surface area contributed by atoms with E-state index in [-0.39, 0.29) is 0 Å². The van der Waals surface area contributed by atoms with Crippen molar-refractivity contribution in [2.45, 2.75) is 37.8 Å². The lowest BCUT2D eigenvalue weighted by molar-refractivity contribution is 0.613. The van der Waals surface area contributed by atoms with Crippen LogP contribution in [-0.2, 0) is 0 Å². The monoisotopic (exact) mass is 398 g/mol. The highest BCUT2D eigenvalue weighted by Crippen LogP contribution is 2.29. The van der Waals surface area contributed by atoms with E-state index in [4.69, 9.17) is 4.98 Å². The van der Waals surface area contributed by atoms with Crippen LogP contribution in [0.1, 0.15) is 49.4 Å². The van der Waals surface area contributed by atoms with Gasteiger partial charge in [-0.1, -0.05) is 30.3 Å². The van der Waals surface area contributed by atoms with Crippen molar-refractivity contribution in [2.75, 3.05) is 13.1 Å². The molecule has 6 nitrogen and oxygen atoms in total. The van der Waals surface area contributed by atoms with Crippen molar-refractivity contribution < 1.29 is 0 Å². The van der Waals surface area contributed by atoms with Crippen molar-refractivity contribution >= 4 is 11.0 Å². The fraction of sp³-hybridized carbons (Fsp3) is 0.333. The average Bonchev–Trinajstić information content (AvgIpc) is 3.58. The Morgan fingerprint density at radius 1 is 0.733 bits per heavy atom. The smallest absolute Gasteiger partial charge is 0.124 e. The average molecular weight is 399 g/mol. The maximum Gasteiger partial charge on any atom is 0.124 e. The molecule has 2 aromatic heterocycles. The molecule has 0 saturated carbocycles. The molecule has 6 heteroatoms. The van der Waals surface area contributed by atoms with Crippen molar-refractivity contribution in [1.82, 2.24) is 30.6 Å². The predicted octanol–water partition coefficient (Wildman–Crippen LogP) is 4.47. The van der Waals surface area contributed by atoms with E-state index in [9.17, 15) is 0 Å². The van der Waals surface area contributed by atoms with Gasteiger partial charge in [0.25, 0.3) is 0 Å².